The Hall–Kier alpha value is -4.13. The summed E-state index contributed by atoms with van der Waals surface area (Å²) in [6, 6.07) is 22.5. The number of carbonyl (C=O) groups is 3. The number of aryl methyl sites for hydroxylation is 1. The molecule has 1 aliphatic heterocycles. The molecule has 4 aromatic rings. The van der Waals surface area contributed by atoms with Crippen molar-refractivity contribution in [3.63, 3.8) is 0 Å². The molecular weight excluding hydrogens is 511 g/mol. The van der Waals surface area contributed by atoms with Gasteiger partial charge in [-0.2, -0.15) is 0 Å². The fraction of sp³-hybridized carbons (Fsp3) is 0.0690. The first-order valence-electron chi connectivity index (χ1n) is 11.4. The number of hydrogen-bond acceptors (Lipinski definition) is 4. The highest BCUT2D eigenvalue weighted by molar-refractivity contribution is 6.40. The molecule has 0 bridgehead atoms. The van der Waals surface area contributed by atoms with Crippen LogP contribution in [0.1, 0.15) is 16.7 Å². The molecule has 0 radical (unpaired) electrons. The van der Waals surface area contributed by atoms with Gasteiger partial charge in [0, 0.05) is 15.6 Å². The maximum Gasteiger partial charge on any atom is 0.335 e. The smallest absolute Gasteiger partial charge is 0.335 e. The minimum atomic E-state index is -0.843. The van der Waals surface area contributed by atoms with Crippen LogP contribution in [0.15, 0.2) is 84.4 Å². The van der Waals surface area contributed by atoms with Gasteiger partial charge in [0.2, 0.25) is 0 Å². The number of amides is 4. The lowest BCUT2D eigenvalue weighted by atomic mass is 9.99. The molecule has 1 saturated heterocycles. The highest BCUT2D eigenvalue weighted by atomic mass is 35.5. The van der Waals surface area contributed by atoms with Crippen molar-refractivity contribution in [2.75, 3.05) is 4.90 Å². The van der Waals surface area contributed by atoms with Crippen LogP contribution in [0, 0.1) is 6.92 Å². The van der Waals surface area contributed by atoms with E-state index in [0.29, 0.717) is 21.4 Å². The molecule has 0 aromatic heterocycles. The minimum Gasteiger partial charge on any atom is -0.488 e. The van der Waals surface area contributed by atoms with Crippen LogP contribution in [0.4, 0.5) is 10.5 Å². The molecule has 1 fully saturated rings. The van der Waals surface area contributed by atoms with Crippen molar-refractivity contribution in [1.82, 2.24) is 5.32 Å². The number of anilines is 1. The molecule has 0 unspecified atom stereocenters. The topological polar surface area (TPSA) is 75.7 Å². The quantitative estimate of drug-likeness (QED) is 0.230. The van der Waals surface area contributed by atoms with E-state index < -0.39 is 17.8 Å². The zero-order valence-electron chi connectivity index (χ0n) is 19.6. The van der Waals surface area contributed by atoms with Crippen LogP contribution in [0.3, 0.4) is 0 Å². The summed E-state index contributed by atoms with van der Waals surface area (Å²) >= 11 is 12.2. The van der Waals surface area contributed by atoms with Crippen LogP contribution in [0.5, 0.6) is 5.75 Å². The number of rotatable bonds is 5. The third-order valence-corrected chi connectivity index (χ3v) is 6.70. The second-order valence-electron chi connectivity index (χ2n) is 8.50. The molecule has 184 valence electrons. The van der Waals surface area contributed by atoms with Crippen LogP contribution in [-0.2, 0) is 16.2 Å². The number of barbiturate groups is 1. The van der Waals surface area contributed by atoms with E-state index in [2.05, 4.69) is 5.32 Å². The molecule has 1 N–H and O–H groups in total. The highest BCUT2D eigenvalue weighted by Crippen LogP contribution is 2.33. The van der Waals surface area contributed by atoms with Gasteiger partial charge in [-0.1, -0.05) is 71.7 Å². The van der Waals surface area contributed by atoms with E-state index >= 15 is 0 Å². The summed E-state index contributed by atoms with van der Waals surface area (Å²) in [6.45, 7) is 2.06. The lowest BCUT2D eigenvalue weighted by Gasteiger charge is -2.27. The van der Waals surface area contributed by atoms with E-state index in [1.54, 1.807) is 30.3 Å². The number of urea groups is 1. The molecule has 4 aromatic carbocycles. The Bertz CT molecular complexity index is 1600. The number of fused-ring (bicyclic) bond motifs is 1. The van der Waals surface area contributed by atoms with E-state index in [-0.39, 0.29) is 17.9 Å². The summed E-state index contributed by atoms with van der Waals surface area (Å²) < 4.78 is 6.12. The number of nitrogens with zero attached hydrogens (tertiary/aromatic N) is 1. The Balaban J connectivity index is 1.58. The standard InChI is InChI=1S/C29H20Cl2N2O4/c1-17-6-12-21(14-25(17)31)33-28(35)24(27(34)32-29(33)36)15-23-22-5-3-2-4-19(22)9-13-26(23)37-16-18-7-10-20(30)11-8-18/h2-15H,16H2,1H3,(H,32,34,36)/b24-15+. The second-order valence-corrected chi connectivity index (χ2v) is 9.35. The summed E-state index contributed by atoms with van der Waals surface area (Å²) in [5.74, 6) is -1.07. The first-order chi connectivity index (χ1) is 17.8. The fourth-order valence-electron chi connectivity index (χ4n) is 4.05. The summed E-state index contributed by atoms with van der Waals surface area (Å²) in [5, 5.41) is 4.95. The number of benzene rings is 4. The fourth-order valence-corrected chi connectivity index (χ4v) is 4.35. The molecule has 6 nitrogen and oxygen atoms in total. The van der Waals surface area contributed by atoms with Crippen molar-refractivity contribution in [2.24, 2.45) is 0 Å². The second kappa shape index (κ2) is 10.1. The molecule has 5 rings (SSSR count). The number of imide groups is 2. The third-order valence-electron chi connectivity index (χ3n) is 6.04. The Morgan fingerprint density at radius 1 is 0.919 bits per heavy atom. The van der Waals surface area contributed by atoms with E-state index in [1.165, 1.54) is 12.1 Å². The summed E-state index contributed by atoms with van der Waals surface area (Å²) in [7, 11) is 0. The van der Waals surface area contributed by atoms with Crippen molar-refractivity contribution >= 4 is 63.6 Å². The van der Waals surface area contributed by atoms with Gasteiger partial charge in [-0.25, -0.2) is 9.69 Å². The Kier molecular flexibility index (Phi) is 6.70. The maximum atomic E-state index is 13.5. The van der Waals surface area contributed by atoms with E-state index in [9.17, 15) is 14.4 Å². The van der Waals surface area contributed by atoms with Gasteiger partial charge in [0.1, 0.15) is 17.9 Å². The van der Waals surface area contributed by atoms with Gasteiger partial charge in [-0.05, 0) is 65.2 Å². The van der Waals surface area contributed by atoms with Gasteiger partial charge in [0.15, 0.2) is 0 Å². The predicted molar refractivity (Wildman–Crippen MR) is 145 cm³/mol. The van der Waals surface area contributed by atoms with Crippen LogP contribution >= 0.6 is 23.2 Å². The summed E-state index contributed by atoms with van der Waals surface area (Å²) in [5.41, 5.74) is 2.29. The van der Waals surface area contributed by atoms with E-state index in [1.807, 2.05) is 49.4 Å². The highest BCUT2D eigenvalue weighted by Gasteiger charge is 2.37. The Labute approximate surface area is 223 Å². The molecule has 37 heavy (non-hydrogen) atoms. The van der Waals surface area contributed by atoms with E-state index in [0.717, 1.165) is 26.8 Å². The molecule has 8 heteroatoms. The number of ether oxygens (including phenoxy) is 1. The monoisotopic (exact) mass is 530 g/mol. The van der Waals surface area contributed by atoms with Gasteiger partial charge in [0.05, 0.1) is 5.69 Å². The zero-order chi connectivity index (χ0) is 26.1. The lowest BCUT2D eigenvalue weighted by molar-refractivity contribution is -0.122. The average Bonchev–Trinajstić information content (AvgIpc) is 2.88. The summed E-state index contributed by atoms with van der Waals surface area (Å²) in [4.78, 5) is 39.9. The first-order valence-corrected chi connectivity index (χ1v) is 12.1. The summed E-state index contributed by atoms with van der Waals surface area (Å²) in [6.07, 6.45) is 1.46. The molecule has 1 heterocycles. The van der Waals surface area contributed by atoms with Gasteiger partial charge in [0.25, 0.3) is 11.8 Å². The van der Waals surface area contributed by atoms with Crippen molar-refractivity contribution in [1.29, 1.82) is 0 Å². The number of halogens is 2. The molecule has 1 aliphatic rings. The minimum absolute atomic E-state index is 0.205. The molecule has 0 saturated carbocycles. The predicted octanol–water partition coefficient (Wildman–Crippen LogP) is 6.70. The molecule has 0 spiro atoms. The largest absolute Gasteiger partial charge is 0.488 e. The molecule has 4 amide bonds. The average molecular weight is 531 g/mol. The van der Waals surface area contributed by atoms with Crippen molar-refractivity contribution < 1.29 is 19.1 Å². The van der Waals surface area contributed by atoms with Crippen LogP contribution in [0.2, 0.25) is 10.0 Å². The molecule has 0 atom stereocenters. The van der Waals surface area contributed by atoms with E-state index in [4.69, 9.17) is 27.9 Å². The van der Waals surface area contributed by atoms with Gasteiger partial charge >= 0.3 is 6.03 Å². The van der Waals surface area contributed by atoms with Crippen LogP contribution < -0.4 is 15.0 Å². The van der Waals surface area contributed by atoms with Crippen LogP contribution in [-0.4, -0.2) is 17.8 Å². The Morgan fingerprint density at radius 3 is 2.43 bits per heavy atom. The lowest BCUT2D eigenvalue weighted by Crippen LogP contribution is -2.54. The Morgan fingerprint density at radius 2 is 1.68 bits per heavy atom. The van der Waals surface area contributed by atoms with Gasteiger partial charge in [-0.15, -0.1) is 0 Å². The van der Waals surface area contributed by atoms with Crippen molar-refractivity contribution in [3.8, 4) is 5.75 Å². The third kappa shape index (κ3) is 4.94. The normalized spacial score (nSPS) is 14.8. The van der Waals surface area contributed by atoms with Gasteiger partial charge < -0.3 is 4.74 Å². The zero-order valence-corrected chi connectivity index (χ0v) is 21.1. The molecule has 0 aliphatic carbocycles. The van der Waals surface area contributed by atoms with Gasteiger partial charge in [-0.3, -0.25) is 14.9 Å². The molecular formula is C29H20Cl2N2O4. The van der Waals surface area contributed by atoms with Crippen LogP contribution in [0.25, 0.3) is 16.8 Å². The maximum absolute atomic E-state index is 13.5. The van der Waals surface area contributed by atoms with Crippen molar-refractivity contribution in [2.45, 2.75) is 13.5 Å². The SMILES string of the molecule is Cc1ccc(N2C(=O)NC(=O)/C(=C\c3c(OCc4ccc(Cl)cc4)ccc4ccccc34)C2=O)cc1Cl. The van der Waals surface area contributed by atoms with Crippen molar-refractivity contribution in [3.05, 3.63) is 111 Å². The number of hydrogen-bond donors (Lipinski definition) is 1. The number of carbonyl (C=O) groups excluding carboxylic acids is 3. The first kappa shape index (κ1) is 24.6. The number of nitrogens with one attached hydrogen (secondary N) is 1.